The lowest BCUT2D eigenvalue weighted by atomic mass is 9.32. The highest BCUT2D eigenvalue weighted by Crippen LogP contribution is 2.78. The van der Waals surface area contributed by atoms with Gasteiger partial charge in [0.2, 0.25) is 5.78 Å². The number of hydrogen-bond acceptors (Lipinski definition) is 6. The fourth-order valence-corrected chi connectivity index (χ4v) is 14.2. The first-order chi connectivity index (χ1) is 29.0. The summed E-state index contributed by atoms with van der Waals surface area (Å²) in [5.41, 5.74) is -3.30. The van der Waals surface area contributed by atoms with Crippen LogP contribution in [0, 0.1) is 33.5 Å². The minimum atomic E-state index is -4.59. The second-order valence-corrected chi connectivity index (χ2v) is 20.0. The summed E-state index contributed by atoms with van der Waals surface area (Å²) in [7, 11) is 0. The van der Waals surface area contributed by atoms with E-state index in [2.05, 4.69) is 37.0 Å². The van der Waals surface area contributed by atoms with Gasteiger partial charge in [-0.25, -0.2) is 0 Å². The molecule has 4 fully saturated rings. The molecule has 1 unspecified atom stereocenters. The van der Waals surface area contributed by atoms with Crippen LogP contribution in [0.15, 0.2) is 119 Å². The Labute approximate surface area is 360 Å². The number of Topliss-reactive ketones (excluding diaryl/α,β-unsaturated/α-hetero) is 1. The van der Waals surface area contributed by atoms with E-state index in [1.54, 1.807) is 0 Å². The molecule has 3 saturated carbocycles. The monoisotopic (exact) mass is 851 g/mol. The van der Waals surface area contributed by atoms with Gasteiger partial charge in [0.25, 0.3) is 0 Å². The van der Waals surface area contributed by atoms with Crippen LogP contribution in [0.3, 0.4) is 0 Å². The second-order valence-electron chi connectivity index (χ2n) is 19.6. The van der Waals surface area contributed by atoms with Crippen LogP contribution in [0.2, 0.25) is 5.02 Å². The lowest BCUT2D eigenvalue weighted by molar-refractivity contribution is -0.178. The molecular weight excluding hydrogens is 799 g/mol. The Morgan fingerprint density at radius 3 is 2.18 bits per heavy atom. The zero-order valence-corrected chi connectivity index (χ0v) is 35.4. The van der Waals surface area contributed by atoms with Gasteiger partial charge in [-0.05, 0) is 123 Å². The summed E-state index contributed by atoms with van der Waals surface area (Å²) in [6.07, 6.45) is 7.78. The lowest BCUT2D eigenvalue weighted by Crippen LogP contribution is -2.67. The molecule has 4 aromatic rings. The topological polar surface area (TPSA) is 94.1 Å². The quantitative estimate of drug-likeness (QED) is 0.121. The highest BCUT2D eigenvalue weighted by molar-refractivity contribution is 6.33. The third-order valence-corrected chi connectivity index (χ3v) is 17.4. The van der Waals surface area contributed by atoms with E-state index in [4.69, 9.17) is 16.0 Å². The summed E-state index contributed by atoms with van der Waals surface area (Å²) < 4.78 is 47.5. The number of aliphatic hydroxyl groups is 3. The van der Waals surface area contributed by atoms with E-state index >= 15 is 4.79 Å². The third-order valence-electron chi connectivity index (χ3n) is 17.1. The maximum absolute atomic E-state index is 15.2. The van der Waals surface area contributed by atoms with Gasteiger partial charge in [0.05, 0.1) is 22.3 Å². The van der Waals surface area contributed by atoms with Gasteiger partial charge in [-0.3, -0.25) is 9.69 Å². The maximum Gasteiger partial charge on any atom is 0.416 e. The van der Waals surface area contributed by atoms with Crippen LogP contribution in [0.5, 0.6) is 0 Å². The highest BCUT2D eigenvalue weighted by atomic mass is 35.5. The molecule has 2 heterocycles. The molecule has 6 aliphatic carbocycles. The highest BCUT2D eigenvalue weighted by Gasteiger charge is 2.75. The van der Waals surface area contributed by atoms with Crippen molar-refractivity contribution in [1.29, 1.82) is 0 Å². The summed E-state index contributed by atoms with van der Waals surface area (Å²) >= 11 is 6.43. The Morgan fingerprint density at radius 1 is 0.836 bits per heavy atom. The van der Waals surface area contributed by atoms with Crippen molar-refractivity contribution in [3.63, 3.8) is 0 Å². The van der Waals surface area contributed by atoms with E-state index in [0.29, 0.717) is 37.8 Å². The van der Waals surface area contributed by atoms with Crippen LogP contribution in [-0.2, 0) is 11.8 Å². The number of carbonyl (C=O) groups excluding carboxylic acids is 1. The molecule has 3 N–H and O–H groups in total. The van der Waals surface area contributed by atoms with E-state index in [1.165, 1.54) is 18.2 Å². The summed E-state index contributed by atoms with van der Waals surface area (Å²) in [6.45, 7) is 5.64. The number of likely N-dealkylation sites (tertiary alicyclic amines) is 1. The largest absolute Gasteiger partial charge is 0.453 e. The number of allylic oxidation sites excluding steroid dienone is 4. The normalized spacial score (nSPS) is 35.7. The zero-order chi connectivity index (χ0) is 42.8. The fraction of sp³-hybridized carbons (Fsp3) is 0.471. The predicted octanol–water partition coefficient (Wildman–Crippen LogP) is 10.8. The first-order valence-corrected chi connectivity index (χ1v) is 22.3. The number of rotatable bonds is 8. The van der Waals surface area contributed by atoms with Crippen LogP contribution in [0.1, 0.15) is 98.9 Å². The number of benzene rings is 3. The molecule has 3 aromatic carbocycles. The first-order valence-electron chi connectivity index (χ1n) is 21.9. The Bertz CT molecular complexity index is 2390. The summed E-state index contributed by atoms with van der Waals surface area (Å²) in [5.74, 6) is -0.348. The van der Waals surface area contributed by atoms with Crippen molar-refractivity contribution < 1.29 is 37.7 Å². The van der Waals surface area contributed by atoms with E-state index in [9.17, 15) is 28.5 Å². The summed E-state index contributed by atoms with van der Waals surface area (Å²) in [4.78, 5) is 17.6. The number of halogens is 4. The Hall–Kier alpha value is -3.99. The Morgan fingerprint density at radius 2 is 1.49 bits per heavy atom. The molecule has 0 amide bonds. The molecule has 2 spiro atoms. The SMILES string of the molecule is C[C@]12CC[C@H]3[C@]4(C=C[C@@]5(C=C4C(=O)c4ccc(-c6cc(C(F)(F)F)ccc6Cl)o4)CC(O)CC[C@]35C)[C@@H]1CC[C@@]2(O)CN1CCC[C@@H]1C(O)(c1ccccc1)c1ccccc1. The molecule has 9 atom stereocenters. The molecule has 320 valence electrons. The van der Waals surface area contributed by atoms with Crippen LogP contribution in [0.4, 0.5) is 13.2 Å². The Kier molecular flexibility index (Phi) is 9.42. The number of furan rings is 1. The van der Waals surface area contributed by atoms with Gasteiger partial charge < -0.3 is 19.7 Å². The van der Waals surface area contributed by atoms with Gasteiger partial charge in [0.15, 0.2) is 5.76 Å². The molecule has 10 heteroatoms. The Balaban J connectivity index is 1.03. The van der Waals surface area contributed by atoms with Crippen molar-refractivity contribution in [3.8, 4) is 11.3 Å². The van der Waals surface area contributed by atoms with Crippen LogP contribution in [0.25, 0.3) is 11.3 Å². The van der Waals surface area contributed by atoms with E-state index in [-0.39, 0.29) is 51.2 Å². The predicted molar refractivity (Wildman–Crippen MR) is 228 cm³/mol. The number of aliphatic hydroxyl groups excluding tert-OH is 1. The zero-order valence-electron chi connectivity index (χ0n) is 34.6. The van der Waals surface area contributed by atoms with Crippen molar-refractivity contribution in [3.05, 3.63) is 142 Å². The smallest absolute Gasteiger partial charge is 0.416 e. The number of ketones is 1. The van der Waals surface area contributed by atoms with Gasteiger partial charge in [-0.2, -0.15) is 13.2 Å². The molecule has 6 nitrogen and oxygen atoms in total. The summed E-state index contributed by atoms with van der Waals surface area (Å²) in [5, 5.41) is 37.5. The molecule has 11 rings (SSSR count). The van der Waals surface area contributed by atoms with Crippen molar-refractivity contribution >= 4 is 17.4 Å². The molecule has 1 aromatic heterocycles. The summed E-state index contributed by atoms with van der Waals surface area (Å²) in [6, 6.07) is 25.5. The fourth-order valence-electron chi connectivity index (χ4n) is 14.0. The first kappa shape index (κ1) is 41.0. The van der Waals surface area contributed by atoms with Crippen LogP contribution < -0.4 is 0 Å². The molecule has 0 radical (unpaired) electrons. The number of β-amino-alcohol motifs (C(OH)–C–C–N with tert-alkyl or cyclic N) is 1. The van der Waals surface area contributed by atoms with Crippen molar-refractivity contribution in [2.24, 2.45) is 33.5 Å². The van der Waals surface area contributed by atoms with Crippen molar-refractivity contribution in [2.45, 2.75) is 101 Å². The average molecular weight is 852 g/mol. The van der Waals surface area contributed by atoms with E-state index in [0.717, 1.165) is 61.9 Å². The van der Waals surface area contributed by atoms with Gasteiger partial charge in [-0.1, -0.05) is 104 Å². The van der Waals surface area contributed by atoms with E-state index in [1.807, 2.05) is 60.7 Å². The van der Waals surface area contributed by atoms with Crippen molar-refractivity contribution in [2.75, 3.05) is 13.1 Å². The van der Waals surface area contributed by atoms with E-state index < -0.39 is 45.3 Å². The van der Waals surface area contributed by atoms with Gasteiger partial charge in [0.1, 0.15) is 11.4 Å². The minimum Gasteiger partial charge on any atom is -0.453 e. The number of fused-ring (bicyclic) bond motifs is 1. The standard InChI is InChI=1S/C51H53ClF3NO5/c1-45-22-19-35(57)29-47(45)25-26-49(37(30-47)44(58)40-18-17-39(61-40)36-28-34(51(53,54)55)15-16-38(36)52)41(45)20-23-46(2)42(49)21-24-48(46,59)31-56-27-9-14-43(56)50(60,32-10-5-3-6-11-32)33-12-7-4-8-13-33/h3-8,10-13,15-18,25-26,28,30,35,41-43,57,59-60H,9,14,19-24,27,29,31H2,1-2H3/t35?,41-,42-,43-,45-,46+,47+,48-,49-/m1/s1. The second kappa shape index (κ2) is 14.0. The third kappa shape index (κ3) is 5.79. The number of hydrogen-bond donors (Lipinski definition) is 3. The van der Waals surface area contributed by atoms with Gasteiger partial charge in [0, 0.05) is 40.0 Å². The number of nitrogens with zero attached hydrogens (tertiary/aromatic N) is 1. The van der Waals surface area contributed by atoms with Gasteiger partial charge >= 0.3 is 6.18 Å². The molecular formula is C51H53ClF3NO5. The maximum atomic E-state index is 15.2. The van der Waals surface area contributed by atoms with Crippen LogP contribution in [-0.4, -0.2) is 56.8 Å². The number of alkyl halides is 3. The molecule has 1 aliphatic heterocycles. The number of carbonyl (C=O) groups is 1. The lowest BCUT2D eigenvalue weighted by Gasteiger charge is -2.71. The minimum absolute atomic E-state index is 0.0137. The van der Waals surface area contributed by atoms with Crippen molar-refractivity contribution in [1.82, 2.24) is 4.90 Å². The molecule has 2 bridgehead atoms. The molecule has 61 heavy (non-hydrogen) atoms. The molecule has 1 saturated heterocycles. The van der Waals surface area contributed by atoms with Gasteiger partial charge in [-0.15, -0.1) is 0 Å². The van der Waals surface area contributed by atoms with Crippen LogP contribution >= 0.6 is 11.6 Å². The molecule has 7 aliphatic rings. The average Bonchev–Trinajstić information content (AvgIpc) is 3.99.